The van der Waals surface area contributed by atoms with Gasteiger partial charge in [0.15, 0.2) is 0 Å². The molecule has 3 rings (SSSR count). The van der Waals surface area contributed by atoms with E-state index in [1.165, 1.54) is 5.56 Å². The molecule has 2 aromatic rings. The van der Waals surface area contributed by atoms with E-state index >= 15 is 0 Å². The molecular formula is C19H24N4O. The summed E-state index contributed by atoms with van der Waals surface area (Å²) in [7, 11) is 3.95. The number of amides is 1. The van der Waals surface area contributed by atoms with Gasteiger partial charge in [0.05, 0.1) is 0 Å². The molecule has 1 amide bonds. The van der Waals surface area contributed by atoms with Gasteiger partial charge in [-0.15, -0.1) is 0 Å². The summed E-state index contributed by atoms with van der Waals surface area (Å²) in [5.41, 5.74) is 2.99. The Balaban J connectivity index is 1.62. The first-order valence-corrected chi connectivity index (χ1v) is 8.37. The van der Waals surface area contributed by atoms with Crippen LogP contribution in [0, 0.1) is 12.8 Å². The standard InChI is InChI=1S/C19H24N4O/c1-14-4-6-16(7-5-14)19(24)23-9-8-15(12-23)10-17-11-18(22(2)3)21-13-20-17/h4-7,11,13,15H,8-10,12H2,1-3H3. The average Bonchev–Trinajstić information content (AvgIpc) is 3.03. The van der Waals surface area contributed by atoms with Crippen LogP contribution in [0.3, 0.4) is 0 Å². The summed E-state index contributed by atoms with van der Waals surface area (Å²) in [4.78, 5) is 25.2. The summed E-state index contributed by atoms with van der Waals surface area (Å²) >= 11 is 0. The van der Waals surface area contributed by atoms with Crippen LogP contribution in [0.15, 0.2) is 36.7 Å². The number of hydrogen-bond acceptors (Lipinski definition) is 4. The van der Waals surface area contributed by atoms with Crippen LogP contribution in [0.25, 0.3) is 0 Å². The van der Waals surface area contributed by atoms with Crippen molar-refractivity contribution < 1.29 is 4.79 Å². The lowest BCUT2D eigenvalue weighted by Crippen LogP contribution is -2.29. The van der Waals surface area contributed by atoms with Crippen molar-refractivity contribution in [1.82, 2.24) is 14.9 Å². The molecule has 0 bridgehead atoms. The lowest BCUT2D eigenvalue weighted by atomic mass is 10.0. The zero-order chi connectivity index (χ0) is 17.1. The third-order valence-corrected chi connectivity index (χ3v) is 4.54. The van der Waals surface area contributed by atoms with Crippen molar-refractivity contribution >= 4 is 11.7 Å². The first-order chi connectivity index (χ1) is 11.5. The lowest BCUT2D eigenvalue weighted by molar-refractivity contribution is 0.0787. The van der Waals surface area contributed by atoms with Crippen LogP contribution in [-0.2, 0) is 6.42 Å². The first-order valence-electron chi connectivity index (χ1n) is 8.37. The largest absolute Gasteiger partial charge is 0.363 e. The second-order valence-corrected chi connectivity index (χ2v) is 6.74. The van der Waals surface area contributed by atoms with Gasteiger partial charge >= 0.3 is 0 Å². The normalized spacial score (nSPS) is 17.1. The third-order valence-electron chi connectivity index (χ3n) is 4.54. The monoisotopic (exact) mass is 324 g/mol. The molecule has 1 aliphatic heterocycles. The quantitative estimate of drug-likeness (QED) is 0.867. The van der Waals surface area contributed by atoms with Gasteiger partial charge in [-0.25, -0.2) is 9.97 Å². The lowest BCUT2D eigenvalue weighted by Gasteiger charge is -2.17. The van der Waals surface area contributed by atoms with Crippen molar-refractivity contribution in [2.45, 2.75) is 19.8 Å². The molecule has 5 heteroatoms. The Morgan fingerprint density at radius 2 is 2.00 bits per heavy atom. The molecule has 0 N–H and O–H groups in total. The van der Waals surface area contributed by atoms with E-state index in [2.05, 4.69) is 9.97 Å². The predicted molar refractivity (Wildman–Crippen MR) is 95.3 cm³/mol. The summed E-state index contributed by atoms with van der Waals surface area (Å²) < 4.78 is 0. The minimum Gasteiger partial charge on any atom is -0.363 e. The molecule has 1 aromatic carbocycles. The van der Waals surface area contributed by atoms with Crippen LogP contribution in [0.2, 0.25) is 0 Å². The van der Waals surface area contributed by atoms with Crippen molar-refractivity contribution in [3.63, 3.8) is 0 Å². The van der Waals surface area contributed by atoms with Gasteiger partial charge in [-0.3, -0.25) is 4.79 Å². The predicted octanol–water partition coefficient (Wildman–Crippen LogP) is 2.56. The number of carbonyl (C=O) groups excluding carboxylic acids is 1. The van der Waals surface area contributed by atoms with E-state index < -0.39 is 0 Å². The fourth-order valence-electron chi connectivity index (χ4n) is 3.10. The molecule has 0 spiro atoms. The Labute approximate surface area is 143 Å². The van der Waals surface area contributed by atoms with Crippen molar-refractivity contribution in [3.8, 4) is 0 Å². The van der Waals surface area contributed by atoms with Crippen LogP contribution in [-0.4, -0.2) is 48.0 Å². The van der Waals surface area contributed by atoms with E-state index in [0.717, 1.165) is 43.0 Å². The van der Waals surface area contributed by atoms with E-state index in [1.54, 1.807) is 6.33 Å². The number of anilines is 1. The fraction of sp³-hybridized carbons (Fsp3) is 0.421. The smallest absolute Gasteiger partial charge is 0.253 e. The number of benzene rings is 1. The van der Waals surface area contributed by atoms with Gasteiger partial charge in [0, 0.05) is 44.5 Å². The highest BCUT2D eigenvalue weighted by molar-refractivity contribution is 5.94. The number of hydrogen-bond donors (Lipinski definition) is 0. The summed E-state index contributed by atoms with van der Waals surface area (Å²) in [6.07, 6.45) is 3.54. The molecule has 0 radical (unpaired) electrons. The highest BCUT2D eigenvalue weighted by atomic mass is 16.2. The molecule has 1 aliphatic rings. The summed E-state index contributed by atoms with van der Waals surface area (Å²) in [5.74, 6) is 1.52. The van der Waals surface area contributed by atoms with Gasteiger partial charge < -0.3 is 9.80 Å². The summed E-state index contributed by atoms with van der Waals surface area (Å²) in [5, 5.41) is 0. The van der Waals surface area contributed by atoms with Crippen molar-refractivity contribution in [2.75, 3.05) is 32.1 Å². The molecule has 0 saturated carbocycles. The number of likely N-dealkylation sites (tertiary alicyclic amines) is 1. The Morgan fingerprint density at radius 1 is 1.25 bits per heavy atom. The Kier molecular flexibility index (Phi) is 4.79. The molecule has 1 atom stereocenters. The number of aromatic nitrogens is 2. The van der Waals surface area contributed by atoms with E-state index in [0.29, 0.717) is 5.92 Å². The molecule has 1 saturated heterocycles. The number of carbonyl (C=O) groups is 1. The molecule has 126 valence electrons. The Morgan fingerprint density at radius 3 is 2.71 bits per heavy atom. The fourth-order valence-corrected chi connectivity index (χ4v) is 3.10. The van der Waals surface area contributed by atoms with E-state index in [-0.39, 0.29) is 5.91 Å². The molecule has 0 aliphatic carbocycles. The highest BCUT2D eigenvalue weighted by Gasteiger charge is 2.27. The molecular weight excluding hydrogens is 300 g/mol. The van der Waals surface area contributed by atoms with Crippen LogP contribution in [0.4, 0.5) is 5.82 Å². The van der Waals surface area contributed by atoms with Crippen LogP contribution >= 0.6 is 0 Å². The first kappa shape index (κ1) is 16.4. The summed E-state index contributed by atoms with van der Waals surface area (Å²) in [6, 6.07) is 9.84. The van der Waals surface area contributed by atoms with Crippen molar-refractivity contribution in [2.24, 2.45) is 5.92 Å². The van der Waals surface area contributed by atoms with Gasteiger partial charge in [-0.05, 0) is 37.8 Å². The van der Waals surface area contributed by atoms with Crippen molar-refractivity contribution in [3.05, 3.63) is 53.5 Å². The van der Waals surface area contributed by atoms with Crippen LogP contribution in [0.1, 0.15) is 28.0 Å². The van der Waals surface area contributed by atoms with Gasteiger partial charge in [-0.1, -0.05) is 17.7 Å². The van der Waals surface area contributed by atoms with Crippen LogP contribution in [0.5, 0.6) is 0 Å². The minimum atomic E-state index is 0.133. The zero-order valence-corrected chi connectivity index (χ0v) is 14.6. The maximum atomic E-state index is 12.6. The van der Waals surface area contributed by atoms with E-state index in [9.17, 15) is 4.79 Å². The second kappa shape index (κ2) is 6.99. The van der Waals surface area contributed by atoms with Gasteiger partial charge in [0.25, 0.3) is 5.91 Å². The van der Waals surface area contributed by atoms with Crippen molar-refractivity contribution in [1.29, 1.82) is 0 Å². The summed E-state index contributed by atoms with van der Waals surface area (Å²) in [6.45, 7) is 3.65. The van der Waals surface area contributed by atoms with Gasteiger partial charge in [0.1, 0.15) is 12.1 Å². The molecule has 24 heavy (non-hydrogen) atoms. The Bertz CT molecular complexity index is 712. The minimum absolute atomic E-state index is 0.133. The molecule has 5 nitrogen and oxygen atoms in total. The Hall–Kier alpha value is -2.43. The molecule has 1 aromatic heterocycles. The molecule has 1 fully saturated rings. The second-order valence-electron chi connectivity index (χ2n) is 6.74. The highest BCUT2D eigenvalue weighted by Crippen LogP contribution is 2.23. The number of nitrogens with zero attached hydrogens (tertiary/aromatic N) is 4. The number of rotatable bonds is 4. The van der Waals surface area contributed by atoms with E-state index in [1.807, 2.05) is 61.2 Å². The zero-order valence-electron chi connectivity index (χ0n) is 14.6. The molecule has 1 unspecified atom stereocenters. The van der Waals surface area contributed by atoms with Gasteiger partial charge in [-0.2, -0.15) is 0 Å². The molecule has 2 heterocycles. The van der Waals surface area contributed by atoms with E-state index in [4.69, 9.17) is 0 Å². The third kappa shape index (κ3) is 3.72. The maximum Gasteiger partial charge on any atom is 0.253 e. The van der Waals surface area contributed by atoms with Gasteiger partial charge in [0.2, 0.25) is 0 Å². The number of aryl methyl sites for hydroxylation is 1. The maximum absolute atomic E-state index is 12.6. The SMILES string of the molecule is Cc1ccc(C(=O)N2CCC(Cc3cc(N(C)C)ncn3)C2)cc1. The average molecular weight is 324 g/mol. The van der Waals surface area contributed by atoms with Crippen LogP contribution < -0.4 is 4.90 Å². The topological polar surface area (TPSA) is 49.3 Å².